The van der Waals surface area contributed by atoms with Crippen molar-refractivity contribution in [2.45, 2.75) is 0 Å². The molecule has 2 N–H and O–H groups in total. The second-order valence-electron chi connectivity index (χ2n) is 4.03. The summed E-state index contributed by atoms with van der Waals surface area (Å²) in [6.45, 7) is 0. The molecule has 1 aliphatic rings. The van der Waals surface area contributed by atoms with Gasteiger partial charge in [-0.15, -0.1) is 0 Å². The van der Waals surface area contributed by atoms with E-state index in [0.717, 1.165) is 10.8 Å². The van der Waals surface area contributed by atoms with E-state index in [4.69, 9.17) is 23.2 Å². The van der Waals surface area contributed by atoms with Crippen molar-refractivity contribution in [1.82, 2.24) is 0 Å². The summed E-state index contributed by atoms with van der Waals surface area (Å²) in [5.74, 6) is 0.336. The van der Waals surface area contributed by atoms with Crippen molar-refractivity contribution in [3.05, 3.63) is 58.1 Å². The van der Waals surface area contributed by atoms with Crippen molar-refractivity contribution in [3.63, 3.8) is 0 Å². The Morgan fingerprint density at radius 1 is 1.05 bits per heavy atom. The third kappa shape index (κ3) is 2.26. The summed E-state index contributed by atoms with van der Waals surface area (Å²) in [4.78, 5) is 0. The molecule has 96 valence electrons. The quantitative estimate of drug-likeness (QED) is 0.836. The number of hydrazone groups is 1. The highest BCUT2D eigenvalue weighted by Gasteiger charge is 2.21. The fourth-order valence-corrected chi connectivity index (χ4v) is 2.42. The van der Waals surface area contributed by atoms with E-state index in [1.54, 1.807) is 24.3 Å². The number of hydrogen-bond donors (Lipinski definition) is 2. The average Bonchev–Trinajstić information content (AvgIpc) is 2.38. The summed E-state index contributed by atoms with van der Waals surface area (Å²) in [6.07, 6.45) is 0. The maximum absolute atomic E-state index is 10.2. The summed E-state index contributed by atoms with van der Waals surface area (Å²) >= 11 is 11.9. The maximum atomic E-state index is 10.2. The smallest absolute Gasteiger partial charge is 0.184 e. The monoisotopic (exact) mass is 293 g/mol. The first-order valence-electron chi connectivity index (χ1n) is 5.53. The van der Waals surface area contributed by atoms with Crippen LogP contribution in [0, 0.1) is 0 Å². The minimum Gasteiger partial charge on any atom is -0.282 e. The van der Waals surface area contributed by atoms with Crippen molar-refractivity contribution in [3.8, 4) is 0 Å². The number of nitrogens with one attached hydrogen (secondary N) is 1. The van der Waals surface area contributed by atoms with E-state index in [1.165, 1.54) is 0 Å². The molecule has 0 aliphatic carbocycles. The van der Waals surface area contributed by atoms with E-state index in [9.17, 15) is 5.21 Å². The van der Waals surface area contributed by atoms with E-state index in [2.05, 4.69) is 10.5 Å². The molecule has 0 unspecified atom stereocenters. The van der Waals surface area contributed by atoms with E-state index < -0.39 is 0 Å². The van der Waals surface area contributed by atoms with Gasteiger partial charge in [-0.3, -0.25) is 10.6 Å². The number of anilines is 2. The van der Waals surface area contributed by atoms with Gasteiger partial charge >= 0.3 is 0 Å². The van der Waals surface area contributed by atoms with Crippen LogP contribution in [0.25, 0.3) is 0 Å². The van der Waals surface area contributed by atoms with Gasteiger partial charge in [0.05, 0.1) is 11.4 Å². The summed E-state index contributed by atoms with van der Waals surface area (Å²) in [6, 6.07) is 12.3. The average molecular weight is 294 g/mol. The van der Waals surface area contributed by atoms with Gasteiger partial charge in [-0.25, -0.2) is 5.06 Å². The lowest BCUT2D eigenvalue weighted by Gasteiger charge is -2.25. The van der Waals surface area contributed by atoms with Crippen molar-refractivity contribution in [1.29, 1.82) is 0 Å². The predicted octanol–water partition coefficient (Wildman–Crippen LogP) is 3.98. The molecule has 0 aromatic heterocycles. The minimum atomic E-state index is 0.336. The van der Waals surface area contributed by atoms with Gasteiger partial charge in [0.25, 0.3) is 0 Å². The number of nitrogens with zero attached hydrogens (tertiary/aromatic N) is 2. The van der Waals surface area contributed by atoms with Gasteiger partial charge in [-0.1, -0.05) is 35.3 Å². The van der Waals surface area contributed by atoms with Crippen LogP contribution >= 0.6 is 23.2 Å². The second kappa shape index (κ2) is 4.74. The van der Waals surface area contributed by atoms with Crippen LogP contribution < -0.4 is 10.5 Å². The summed E-state index contributed by atoms with van der Waals surface area (Å²) in [5, 5.41) is 16.3. The molecule has 0 saturated heterocycles. The molecule has 0 radical (unpaired) electrons. The maximum Gasteiger partial charge on any atom is 0.184 e. The highest BCUT2D eigenvalue weighted by Crippen LogP contribution is 2.30. The van der Waals surface area contributed by atoms with Crippen molar-refractivity contribution in [2.24, 2.45) is 5.10 Å². The standard InChI is InChI=1S/C13H9Cl2N3O/c14-9-5-8(6-10(15)7-9)13-17-16-11-3-1-2-4-12(11)18(13)19/h1-7,16,19H. The predicted molar refractivity (Wildman–Crippen MR) is 77.3 cm³/mol. The zero-order valence-corrected chi connectivity index (χ0v) is 11.2. The molecular weight excluding hydrogens is 285 g/mol. The number of hydroxylamine groups is 1. The van der Waals surface area contributed by atoms with Gasteiger partial charge < -0.3 is 0 Å². The first-order valence-corrected chi connectivity index (χ1v) is 6.29. The number of rotatable bonds is 1. The molecule has 1 heterocycles. The topological polar surface area (TPSA) is 47.9 Å². The number of halogens is 2. The fraction of sp³-hybridized carbons (Fsp3) is 0. The molecule has 1 aliphatic heterocycles. The van der Waals surface area contributed by atoms with Crippen LogP contribution in [0.5, 0.6) is 0 Å². The molecule has 0 spiro atoms. The van der Waals surface area contributed by atoms with Crippen LogP contribution in [0.1, 0.15) is 5.56 Å². The second-order valence-corrected chi connectivity index (χ2v) is 4.91. The number of hydrogen-bond acceptors (Lipinski definition) is 4. The van der Waals surface area contributed by atoms with Gasteiger partial charge in [0.1, 0.15) is 0 Å². The first kappa shape index (κ1) is 12.3. The number of amidine groups is 1. The van der Waals surface area contributed by atoms with E-state index in [1.807, 2.05) is 18.2 Å². The summed E-state index contributed by atoms with van der Waals surface area (Å²) in [5.41, 5.74) is 4.85. The van der Waals surface area contributed by atoms with Gasteiger partial charge in [0, 0.05) is 15.6 Å². The van der Waals surface area contributed by atoms with Crippen molar-refractivity contribution < 1.29 is 5.21 Å². The van der Waals surface area contributed by atoms with Crippen LogP contribution in [-0.2, 0) is 0 Å². The van der Waals surface area contributed by atoms with Gasteiger partial charge in [0.15, 0.2) is 5.84 Å². The fourth-order valence-electron chi connectivity index (χ4n) is 1.90. The van der Waals surface area contributed by atoms with E-state index >= 15 is 0 Å². The van der Waals surface area contributed by atoms with Crippen LogP contribution in [0.4, 0.5) is 11.4 Å². The lowest BCUT2D eigenvalue weighted by atomic mass is 10.1. The molecule has 0 saturated carbocycles. The molecule has 4 nitrogen and oxygen atoms in total. The summed E-state index contributed by atoms with van der Waals surface area (Å²) in [7, 11) is 0. The minimum absolute atomic E-state index is 0.336. The van der Waals surface area contributed by atoms with E-state index in [0.29, 0.717) is 27.1 Å². The largest absolute Gasteiger partial charge is 0.282 e. The molecule has 2 aromatic carbocycles. The molecule has 3 rings (SSSR count). The Balaban J connectivity index is 2.06. The Hall–Kier alpha value is -1.75. The van der Waals surface area contributed by atoms with Crippen LogP contribution in [-0.4, -0.2) is 11.0 Å². The van der Waals surface area contributed by atoms with Crippen molar-refractivity contribution in [2.75, 3.05) is 10.5 Å². The number of fused-ring (bicyclic) bond motifs is 1. The van der Waals surface area contributed by atoms with Crippen LogP contribution in [0.15, 0.2) is 47.6 Å². The Bertz CT molecular complexity index is 652. The van der Waals surface area contributed by atoms with Crippen molar-refractivity contribution >= 4 is 40.4 Å². The number of benzene rings is 2. The molecule has 2 aromatic rings. The van der Waals surface area contributed by atoms with Crippen LogP contribution in [0.2, 0.25) is 10.0 Å². The molecule has 0 bridgehead atoms. The molecule has 0 amide bonds. The highest BCUT2D eigenvalue weighted by molar-refractivity contribution is 6.35. The van der Waals surface area contributed by atoms with Gasteiger partial charge in [-0.2, -0.15) is 5.10 Å². The Kier molecular flexibility index (Phi) is 3.06. The van der Waals surface area contributed by atoms with Crippen LogP contribution in [0.3, 0.4) is 0 Å². The lowest BCUT2D eigenvalue weighted by molar-refractivity contribution is 0.312. The summed E-state index contributed by atoms with van der Waals surface area (Å²) < 4.78 is 0. The SMILES string of the molecule is ON1C(c2cc(Cl)cc(Cl)c2)=NNc2ccccc21. The third-order valence-corrected chi connectivity index (χ3v) is 3.17. The molecule has 0 atom stereocenters. The normalized spacial score (nSPS) is 13.6. The van der Waals surface area contributed by atoms with Gasteiger partial charge in [-0.05, 0) is 30.3 Å². The lowest BCUT2D eigenvalue weighted by Crippen LogP contribution is -2.32. The Morgan fingerprint density at radius 3 is 2.47 bits per heavy atom. The molecular formula is C13H9Cl2N3O. The zero-order chi connectivity index (χ0) is 13.4. The Labute approximate surface area is 119 Å². The third-order valence-electron chi connectivity index (χ3n) is 2.74. The van der Waals surface area contributed by atoms with E-state index in [-0.39, 0.29) is 0 Å². The number of para-hydroxylation sites is 2. The molecule has 19 heavy (non-hydrogen) atoms. The zero-order valence-electron chi connectivity index (χ0n) is 9.64. The highest BCUT2D eigenvalue weighted by atomic mass is 35.5. The molecule has 6 heteroatoms. The van der Waals surface area contributed by atoms with Gasteiger partial charge in [0.2, 0.25) is 0 Å². The molecule has 0 fully saturated rings. The first-order chi connectivity index (χ1) is 9.15. The Morgan fingerprint density at radius 2 is 1.74 bits per heavy atom.